The van der Waals surface area contributed by atoms with Crippen molar-refractivity contribution in [2.45, 2.75) is 76.5 Å². The number of carboxylic acids is 2. The minimum absolute atomic E-state index is 0.0670. The molecule has 0 spiro atoms. The predicted octanol–water partition coefficient (Wildman–Crippen LogP) is -3.31. The van der Waals surface area contributed by atoms with Crippen LogP contribution in [0, 0.1) is 5.92 Å². The maximum absolute atomic E-state index is 12.9. The van der Waals surface area contributed by atoms with E-state index in [1.807, 2.05) is 13.8 Å². The van der Waals surface area contributed by atoms with E-state index in [2.05, 4.69) is 20.9 Å². The highest BCUT2D eigenvalue weighted by Crippen LogP contribution is 2.06. The largest absolute Gasteiger partial charge is 0.481 e. The van der Waals surface area contributed by atoms with Gasteiger partial charge in [0.1, 0.15) is 18.1 Å². The number of amides is 4. The standard InChI is InChI=1S/C21H38N8O8/c1-10(2)8-11(22)17(33)27-12(5-6-16(31)32)18(34)29-14(9-15(23)30)19(35)28-13(20(36)37)4-3-7-26-21(24)25/h10-14H,3-9,22H2,1-2H3,(H2,23,30)(H,27,33)(H,28,35)(H,29,34)(H,31,32)(H,36,37)(H4,24,25,26). The highest BCUT2D eigenvalue weighted by Gasteiger charge is 2.31. The molecule has 0 rings (SSSR count). The second-order valence-electron chi connectivity index (χ2n) is 8.81. The van der Waals surface area contributed by atoms with Crippen LogP contribution in [0.25, 0.3) is 0 Å². The number of nitrogens with zero attached hydrogens (tertiary/aromatic N) is 1. The van der Waals surface area contributed by atoms with Crippen molar-refractivity contribution in [1.29, 1.82) is 0 Å². The molecule has 0 bridgehead atoms. The molecule has 0 radical (unpaired) electrons. The van der Waals surface area contributed by atoms with Gasteiger partial charge in [0.15, 0.2) is 5.96 Å². The fourth-order valence-electron chi connectivity index (χ4n) is 3.15. The summed E-state index contributed by atoms with van der Waals surface area (Å²) in [6.07, 6.45) is -1.10. The summed E-state index contributed by atoms with van der Waals surface area (Å²) in [6.45, 7) is 3.77. The quantitative estimate of drug-likeness (QED) is 0.0480. The number of carbonyl (C=O) groups excluding carboxylic acids is 4. The second kappa shape index (κ2) is 16.7. The normalized spacial score (nSPS) is 13.9. The number of primary amides is 1. The molecule has 4 atom stereocenters. The van der Waals surface area contributed by atoms with E-state index in [0.717, 1.165) is 0 Å². The molecule has 0 aromatic carbocycles. The van der Waals surface area contributed by atoms with E-state index in [-0.39, 0.29) is 37.7 Å². The molecular weight excluding hydrogens is 492 g/mol. The predicted molar refractivity (Wildman–Crippen MR) is 131 cm³/mol. The average molecular weight is 531 g/mol. The zero-order valence-corrected chi connectivity index (χ0v) is 20.9. The van der Waals surface area contributed by atoms with Gasteiger partial charge < -0.3 is 49.1 Å². The lowest BCUT2D eigenvalue weighted by Gasteiger charge is -2.24. The van der Waals surface area contributed by atoms with Gasteiger partial charge in [0.2, 0.25) is 23.6 Å². The number of nitrogens with two attached hydrogens (primary N) is 4. The van der Waals surface area contributed by atoms with Gasteiger partial charge in [0, 0.05) is 13.0 Å². The molecule has 0 aromatic rings. The number of aliphatic imine (C=N–C) groups is 1. The number of guanidine groups is 1. The Balaban J connectivity index is 5.55. The highest BCUT2D eigenvalue weighted by molar-refractivity contribution is 5.96. The zero-order chi connectivity index (χ0) is 28.7. The molecule has 0 aliphatic carbocycles. The third-order valence-corrected chi connectivity index (χ3v) is 4.94. The van der Waals surface area contributed by atoms with Crippen LogP contribution in [0.3, 0.4) is 0 Å². The van der Waals surface area contributed by atoms with Gasteiger partial charge in [-0.25, -0.2) is 4.79 Å². The molecule has 16 heteroatoms. The van der Waals surface area contributed by atoms with Gasteiger partial charge in [-0.15, -0.1) is 0 Å². The van der Waals surface area contributed by atoms with Crippen molar-refractivity contribution in [3.63, 3.8) is 0 Å². The number of rotatable bonds is 18. The Labute approximate surface area is 214 Å². The number of carboxylic acid groups (broad SMARTS) is 2. The fourth-order valence-corrected chi connectivity index (χ4v) is 3.15. The molecular formula is C21H38N8O8. The smallest absolute Gasteiger partial charge is 0.326 e. The third kappa shape index (κ3) is 14.9. The van der Waals surface area contributed by atoms with Crippen molar-refractivity contribution in [2.75, 3.05) is 6.54 Å². The Bertz CT molecular complexity index is 859. The van der Waals surface area contributed by atoms with Crippen LogP contribution < -0.4 is 38.9 Å². The van der Waals surface area contributed by atoms with Crippen molar-refractivity contribution < 1.29 is 39.0 Å². The minimum atomic E-state index is -1.60. The van der Waals surface area contributed by atoms with Crippen LogP contribution in [-0.4, -0.2) is 82.5 Å². The molecule has 0 aliphatic rings. The topological polar surface area (TPSA) is 295 Å². The SMILES string of the molecule is CC(C)CC(N)C(=O)NC(CCC(=O)O)C(=O)NC(CC(N)=O)C(=O)NC(CCCN=C(N)N)C(=O)O. The number of nitrogens with one attached hydrogen (secondary N) is 3. The van der Waals surface area contributed by atoms with E-state index in [4.69, 9.17) is 28.0 Å². The van der Waals surface area contributed by atoms with Crippen molar-refractivity contribution >= 4 is 41.5 Å². The summed E-state index contributed by atoms with van der Waals surface area (Å²) < 4.78 is 0. The first-order valence-corrected chi connectivity index (χ1v) is 11.6. The molecule has 16 nitrogen and oxygen atoms in total. The number of aliphatic carboxylic acids is 2. The Morgan fingerprint density at radius 3 is 1.84 bits per heavy atom. The highest BCUT2D eigenvalue weighted by atomic mass is 16.4. The van der Waals surface area contributed by atoms with Crippen molar-refractivity contribution in [2.24, 2.45) is 33.8 Å². The first-order valence-electron chi connectivity index (χ1n) is 11.6. The Morgan fingerprint density at radius 1 is 0.811 bits per heavy atom. The van der Waals surface area contributed by atoms with Gasteiger partial charge in [0.05, 0.1) is 12.5 Å². The fraction of sp³-hybridized carbons (Fsp3) is 0.667. The maximum atomic E-state index is 12.9. The van der Waals surface area contributed by atoms with E-state index >= 15 is 0 Å². The van der Waals surface area contributed by atoms with Gasteiger partial charge in [-0.3, -0.25) is 29.0 Å². The number of hydrogen-bond acceptors (Lipinski definition) is 8. The van der Waals surface area contributed by atoms with Crippen LogP contribution in [0.15, 0.2) is 4.99 Å². The summed E-state index contributed by atoms with van der Waals surface area (Å²) in [6, 6.07) is -5.37. The lowest BCUT2D eigenvalue weighted by molar-refractivity contribution is -0.142. The van der Waals surface area contributed by atoms with Crippen molar-refractivity contribution in [3.8, 4) is 0 Å². The molecule has 210 valence electrons. The maximum Gasteiger partial charge on any atom is 0.326 e. The summed E-state index contributed by atoms with van der Waals surface area (Å²) in [5.41, 5.74) is 21.4. The Kier molecular flexibility index (Phi) is 14.9. The van der Waals surface area contributed by atoms with Gasteiger partial charge in [-0.1, -0.05) is 13.8 Å². The van der Waals surface area contributed by atoms with E-state index in [1.165, 1.54) is 0 Å². The molecule has 37 heavy (non-hydrogen) atoms. The van der Waals surface area contributed by atoms with Crippen LogP contribution in [-0.2, 0) is 28.8 Å². The zero-order valence-electron chi connectivity index (χ0n) is 20.9. The van der Waals surface area contributed by atoms with Crippen LogP contribution in [0.2, 0.25) is 0 Å². The summed E-state index contributed by atoms with van der Waals surface area (Å²) in [5.74, 6) is -6.43. The molecule has 0 heterocycles. The molecule has 0 fully saturated rings. The van der Waals surface area contributed by atoms with Gasteiger partial charge in [-0.05, 0) is 31.6 Å². The first kappa shape index (κ1) is 33.0. The molecule has 0 saturated carbocycles. The third-order valence-electron chi connectivity index (χ3n) is 4.94. The molecule has 4 unspecified atom stereocenters. The van der Waals surface area contributed by atoms with Crippen LogP contribution >= 0.6 is 0 Å². The van der Waals surface area contributed by atoms with E-state index in [9.17, 15) is 33.9 Å². The summed E-state index contributed by atoms with van der Waals surface area (Å²) in [5, 5.41) is 25.2. The molecule has 0 saturated heterocycles. The second-order valence-corrected chi connectivity index (χ2v) is 8.81. The molecule has 0 aromatic heterocycles. The van der Waals surface area contributed by atoms with E-state index < -0.39 is 72.6 Å². The summed E-state index contributed by atoms with van der Waals surface area (Å²) >= 11 is 0. The lowest BCUT2D eigenvalue weighted by atomic mass is 10.0. The van der Waals surface area contributed by atoms with Crippen molar-refractivity contribution in [3.05, 3.63) is 0 Å². The van der Waals surface area contributed by atoms with Crippen LogP contribution in [0.4, 0.5) is 0 Å². The Morgan fingerprint density at radius 2 is 1.35 bits per heavy atom. The van der Waals surface area contributed by atoms with Crippen molar-refractivity contribution in [1.82, 2.24) is 16.0 Å². The average Bonchev–Trinajstić information content (AvgIpc) is 2.76. The van der Waals surface area contributed by atoms with E-state index in [1.54, 1.807) is 0 Å². The number of hydrogen-bond donors (Lipinski definition) is 9. The van der Waals surface area contributed by atoms with Crippen LogP contribution in [0.1, 0.15) is 52.4 Å². The minimum Gasteiger partial charge on any atom is -0.481 e. The number of carbonyl (C=O) groups is 6. The lowest BCUT2D eigenvalue weighted by Crippen LogP contribution is -2.57. The molecule has 4 amide bonds. The van der Waals surface area contributed by atoms with E-state index in [0.29, 0.717) is 6.42 Å². The summed E-state index contributed by atoms with van der Waals surface area (Å²) in [4.78, 5) is 75.9. The van der Waals surface area contributed by atoms with Crippen LogP contribution in [0.5, 0.6) is 0 Å². The molecule has 13 N–H and O–H groups in total. The Hall–Kier alpha value is -3.95. The first-order chi connectivity index (χ1) is 17.1. The van der Waals surface area contributed by atoms with Gasteiger partial charge >= 0.3 is 11.9 Å². The van der Waals surface area contributed by atoms with Gasteiger partial charge in [-0.2, -0.15) is 0 Å². The molecule has 0 aliphatic heterocycles. The summed E-state index contributed by atoms with van der Waals surface area (Å²) in [7, 11) is 0. The monoisotopic (exact) mass is 530 g/mol. The van der Waals surface area contributed by atoms with Gasteiger partial charge in [0.25, 0.3) is 0 Å².